The highest BCUT2D eigenvalue weighted by molar-refractivity contribution is 7.99. The highest BCUT2D eigenvalue weighted by Crippen LogP contribution is 2.27. The van der Waals surface area contributed by atoms with Crippen LogP contribution in [0.2, 0.25) is 0 Å². The standard InChI is InChI=1S/C24H32N4O2S/c1-7-12-27-17(4)13-21(18(27)5)22(29)15-31-24-26-25-23(28(24)14-16(2)3)19-8-10-20(30-6)11-9-19/h8-11,13,16H,7,12,14-15H2,1-6H3. The van der Waals surface area contributed by atoms with E-state index in [9.17, 15) is 4.79 Å². The maximum Gasteiger partial charge on any atom is 0.191 e. The molecule has 7 heteroatoms. The first-order valence-corrected chi connectivity index (χ1v) is 11.7. The molecule has 0 aliphatic rings. The minimum Gasteiger partial charge on any atom is -0.497 e. The van der Waals surface area contributed by atoms with Crippen LogP contribution in [0.3, 0.4) is 0 Å². The molecule has 0 N–H and O–H groups in total. The summed E-state index contributed by atoms with van der Waals surface area (Å²) in [4.78, 5) is 13.0. The van der Waals surface area contributed by atoms with Gasteiger partial charge >= 0.3 is 0 Å². The Morgan fingerprint density at radius 2 is 1.84 bits per heavy atom. The number of rotatable bonds is 10. The highest BCUT2D eigenvalue weighted by atomic mass is 32.2. The van der Waals surface area contributed by atoms with E-state index in [0.717, 1.165) is 58.8 Å². The Labute approximate surface area is 189 Å². The van der Waals surface area contributed by atoms with Gasteiger partial charge in [0.05, 0.1) is 12.9 Å². The summed E-state index contributed by atoms with van der Waals surface area (Å²) in [5, 5.41) is 9.63. The monoisotopic (exact) mass is 440 g/mol. The molecule has 0 spiro atoms. The third kappa shape index (κ3) is 5.21. The summed E-state index contributed by atoms with van der Waals surface area (Å²) in [6.07, 6.45) is 1.05. The Bertz CT molecular complexity index is 1030. The summed E-state index contributed by atoms with van der Waals surface area (Å²) in [6, 6.07) is 9.83. The number of thioether (sulfide) groups is 1. The Hall–Kier alpha value is -2.54. The van der Waals surface area contributed by atoms with E-state index < -0.39 is 0 Å². The predicted octanol–water partition coefficient (Wildman–Crippen LogP) is 5.41. The normalized spacial score (nSPS) is 11.3. The van der Waals surface area contributed by atoms with Crippen LogP contribution in [0.25, 0.3) is 11.4 Å². The zero-order valence-electron chi connectivity index (χ0n) is 19.3. The molecular weight excluding hydrogens is 408 g/mol. The van der Waals surface area contributed by atoms with E-state index >= 15 is 0 Å². The summed E-state index contributed by atoms with van der Waals surface area (Å²) in [7, 11) is 1.65. The molecule has 3 aromatic rings. The molecule has 0 saturated carbocycles. The van der Waals surface area contributed by atoms with Crippen LogP contribution in [0.4, 0.5) is 0 Å². The van der Waals surface area contributed by atoms with Gasteiger partial charge in [0.15, 0.2) is 16.8 Å². The molecule has 1 aromatic carbocycles. The molecule has 0 aliphatic heterocycles. The minimum atomic E-state index is 0.130. The number of ketones is 1. The fraction of sp³-hybridized carbons (Fsp3) is 0.458. The number of carbonyl (C=O) groups excluding carboxylic acids is 1. The van der Waals surface area contributed by atoms with Crippen molar-refractivity contribution in [2.75, 3.05) is 12.9 Å². The summed E-state index contributed by atoms with van der Waals surface area (Å²) in [5.41, 5.74) is 3.98. The quantitative estimate of drug-likeness (QED) is 0.311. The number of benzene rings is 1. The van der Waals surface area contributed by atoms with Crippen LogP contribution >= 0.6 is 11.8 Å². The van der Waals surface area contributed by atoms with Gasteiger partial charge in [-0.05, 0) is 56.5 Å². The Morgan fingerprint density at radius 3 is 2.45 bits per heavy atom. The van der Waals surface area contributed by atoms with Gasteiger partial charge in [0.1, 0.15) is 5.75 Å². The van der Waals surface area contributed by atoms with Crippen LogP contribution in [0.1, 0.15) is 48.9 Å². The fourth-order valence-corrected chi connectivity index (χ4v) is 4.57. The van der Waals surface area contributed by atoms with E-state index in [4.69, 9.17) is 4.74 Å². The van der Waals surface area contributed by atoms with Crippen molar-refractivity contribution in [2.45, 2.75) is 59.3 Å². The molecule has 0 bridgehead atoms. The summed E-state index contributed by atoms with van der Waals surface area (Å²) >= 11 is 1.46. The van der Waals surface area contributed by atoms with Gasteiger partial charge < -0.3 is 13.9 Å². The lowest BCUT2D eigenvalue weighted by molar-refractivity contribution is 0.102. The lowest BCUT2D eigenvalue weighted by atomic mass is 10.2. The Balaban J connectivity index is 1.82. The van der Waals surface area contributed by atoms with E-state index in [1.807, 2.05) is 37.3 Å². The number of nitrogens with zero attached hydrogens (tertiary/aromatic N) is 4. The highest BCUT2D eigenvalue weighted by Gasteiger charge is 2.19. The molecule has 0 saturated heterocycles. The number of methoxy groups -OCH3 is 1. The van der Waals surface area contributed by atoms with Gasteiger partial charge in [-0.25, -0.2) is 0 Å². The Kier molecular flexibility index (Phi) is 7.59. The van der Waals surface area contributed by atoms with Crippen molar-refractivity contribution in [1.82, 2.24) is 19.3 Å². The summed E-state index contributed by atoms with van der Waals surface area (Å²) in [6.45, 7) is 12.3. The van der Waals surface area contributed by atoms with Crippen molar-refractivity contribution >= 4 is 17.5 Å². The molecule has 2 heterocycles. The molecule has 31 heavy (non-hydrogen) atoms. The molecule has 3 rings (SSSR count). The van der Waals surface area contributed by atoms with Crippen LogP contribution in [-0.4, -0.2) is 38.0 Å². The van der Waals surface area contributed by atoms with Crippen LogP contribution < -0.4 is 4.74 Å². The molecule has 0 amide bonds. The van der Waals surface area contributed by atoms with Crippen molar-refractivity contribution in [1.29, 1.82) is 0 Å². The zero-order valence-corrected chi connectivity index (χ0v) is 20.1. The van der Waals surface area contributed by atoms with E-state index in [-0.39, 0.29) is 5.78 Å². The van der Waals surface area contributed by atoms with E-state index in [1.165, 1.54) is 11.8 Å². The van der Waals surface area contributed by atoms with Crippen molar-refractivity contribution in [3.63, 3.8) is 0 Å². The second-order valence-corrected chi connectivity index (χ2v) is 9.13. The van der Waals surface area contributed by atoms with Gasteiger partial charge in [0, 0.05) is 35.6 Å². The molecule has 6 nitrogen and oxygen atoms in total. The second-order valence-electron chi connectivity index (χ2n) is 8.19. The van der Waals surface area contributed by atoms with Gasteiger partial charge in [-0.2, -0.15) is 0 Å². The number of hydrogen-bond acceptors (Lipinski definition) is 5. The van der Waals surface area contributed by atoms with E-state index in [0.29, 0.717) is 11.7 Å². The molecule has 0 atom stereocenters. The van der Waals surface area contributed by atoms with Gasteiger partial charge in [-0.3, -0.25) is 4.79 Å². The molecule has 0 fully saturated rings. The summed E-state index contributed by atoms with van der Waals surface area (Å²) < 4.78 is 9.60. The first-order valence-electron chi connectivity index (χ1n) is 10.8. The smallest absolute Gasteiger partial charge is 0.191 e. The van der Waals surface area contributed by atoms with Crippen molar-refractivity contribution < 1.29 is 9.53 Å². The maximum atomic E-state index is 13.0. The lowest BCUT2D eigenvalue weighted by Crippen LogP contribution is -2.10. The number of carbonyl (C=O) groups is 1. The van der Waals surface area contributed by atoms with Crippen molar-refractivity contribution in [3.05, 3.63) is 47.3 Å². The van der Waals surface area contributed by atoms with Crippen LogP contribution in [0.5, 0.6) is 5.75 Å². The minimum absolute atomic E-state index is 0.130. The zero-order chi connectivity index (χ0) is 22.5. The number of Topliss-reactive ketones (excluding diaryl/α,β-unsaturated/α-hetero) is 1. The first kappa shape index (κ1) is 23.1. The number of hydrogen-bond donors (Lipinski definition) is 0. The van der Waals surface area contributed by atoms with E-state index in [2.05, 4.69) is 47.0 Å². The van der Waals surface area contributed by atoms with Gasteiger partial charge in [0.2, 0.25) is 0 Å². The van der Waals surface area contributed by atoms with Gasteiger partial charge in [0.25, 0.3) is 0 Å². The van der Waals surface area contributed by atoms with Crippen LogP contribution in [0, 0.1) is 19.8 Å². The largest absolute Gasteiger partial charge is 0.497 e. The van der Waals surface area contributed by atoms with Crippen molar-refractivity contribution in [3.8, 4) is 17.1 Å². The van der Waals surface area contributed by atoms with Gasteiger partial charge in [-0.1, -0.05) is 32.5 Å². The topological polar surface area (TPSA) is 61.9 Å². The molecule has 2 aromatic heterocycles. The van der Waals surface area contributed by atoms with Crippen molar-refractivity contribution in [2.24, 2.45) is 5.92 Å². The second kappa shape index (κ2) is 10.2. The van der Waals surface area contributed by atoms with Gasteiger partial charge in [-0.15, -0.1) is 10.2 Å². The van der Waals surface area contributed by atoms with E-state index in [1.54, 1.807) is 7.11 Å². The molecule has 0 aliphatic carbocycles. The average Bonchev–Trinajstić information content (AvgIpc) is 3.27. The predicted molar refractivity (Wildman–Crippen MR) is 126 cm³/mol. The van der Waals surface area contributed by atoms with Crippen LogP contribution in [-0.2, 0) is 13.1 Å². The number of aryl methyl sites for hydroxylation is 1. The molecule has 0 radical (unpaired) electrons. The number of ether oxygens (including phenoxy) is 1. The fourth-order valence-electron chi connectivity index (χ4n) is 3.74. The first-order chi connectivity index (χ1) is 14.8. The van der Waals surface area contributed by atoms with Crippen LogP contribution in [0.15, 0.2) is 35.5 Å². The Morgan fingerprint density at radius 1 is 1.13 bits per heavy atom. The molecule has 0 unspecified atom stereocenters. The SMILES string of the molecule is CCCn1c(C)cc(C(=O)CSc2nnc(-c3ccc(OC)cc3)n2CC(C)C)c1C. The summed E-state index contributed by atoms with van der Waals surface area (Å²) in [5.74, 6) is 2.52. The lowest BCUT2D eigenvalue weighted by Gasteiger charge is -2.12. The molecule has 166 valence electrons. The average molecular weight is 441 g/mol. The third-order valence-electron chi connectivity index (χ3n) is 5.27. The third-order valence-corrected chi connectivity index (χ3v) is 6.23. The maximum absolute atomic E-state index is 13.0. The number of aromatic nitrogens is 4. The molecular formula is C24H32N4O2S.